The number of nitrogens with zero attached hydrogens (tertiary/aromatic N) is 2. The lowest BCUT2D eigenvalue weighted by Crippen LogP contribution is -2.28. The SMILES string of the molecule is Cn1nc(-c2c(F)cc(Cl)c3c2C=CC(C)(C)O3)c(Cl)c1OC(F)F. The maximum atomic E-state index is 14.6. The number of rotatable bonds is 3. The summed E-state index contributed by atoms with van der Waals surface area (Å²) in [6.07, 6.45) is 3.36. The van der Waals surface area contributed by atoms with E-state index in [0.29, 0.717) is 5.56 Å². The molecule has 9 heteroatoms. The number of ether oxygens (including phenoxy) is 2. The van der Waals surface area contributed by atoms with Crippen molar-refractivity contribution < 1.29 is 22.6 Å². The van der Waals surface area contributed by atoms with E-state index in [-0.39, 0.29) is 32.9 Å². The molecule has 0 aliphatic carbocycles. The molecule has 1 aliphatic heterocycles. The van der Waals surface area contributed by atoms with Crippen molar-refractivity contribution in [3.63, 3.8) is 0 Å². The second-order valence-electron chi connectivity index (χ2n) is 5.97. The Morgan fingerprint density at radius 3 is 2.64 bits per heavy atom. The summed E-state index contributed by atoms with van der Waals surface area (Å²) in [5.41, 5.74) is -0.356. The number of halogens is 5. The normalized spacial score (nSPS) is 15.2. The van der Waals surface area contributed by atoms with Gasteiger partial charge in [0.05, 0.1) is 10.6 Å². The molecule has 0 radical (unpaired) electrons. The van der Waals surface area contributed by atoms with Crippen LogP contribution in [-0.4, -0.2) is 22.0 Å². The molecule has 1 aromatic heterocycles. The van der Waals surface area contributed by atoms with Gasteiger partial charge in [0.1, 0.15) is 27.9 Å². The first-order chi connectivity index (χ1) is 11.6. The summed E-state index contributed by atoms with van der Waals surface area (Å²) in [5, 5.41) is 3.88. The Morgan fingerprint density at radius 2 is 2.00 bits per heavy atom. The molecule has 3 rings (SSSR count). The van der Waals surface area contributed by atoms with E-state index in [4.69, 9.17) is 27.9 Å². The quantitative estimate of drug-likeness (QED) is 0.709. The molecule has 0 bridgehead atoms. The molecule has 0 unspecified atom stereocenters. The van der Waals surface area contributed by atoms with Gasteiger partial charge in [-0.15, -0.1) is 0 Å². The van der Waals surface area contributed by atoms with Gasteiger partial charge in [0.2, 0.25) is 5.88 Å². The standard InChI is InChI=1S/C16H13Cl2F3N2O2/c1-16(2)5-4-7-10(9(19)6-8(17)13(7)25-16)12-11(18)14(23(3)22-12)24-15(20)21/h4-6,15H,1-3H3. The Labute approximate surface area is 151 Å². The summed E-state index contributed by atoms with van der Waals surface area (Å²) >= 11 is 12.2. The molecule has 0 saturated heterocycles. The van der Waals surface area contributed by atoms with Crippen LogP contribution in [0.3, 0.4) is 0 Å². The van der Waals surface area contributed by atoms with Crippen molar-refractivity contribution in [1.29, 1.82) is 0 Å². The van der Waals surface area contributed by atoms with Crippen molar-refractivity contribution in [2.24, 2.45) is 7.05 Å². The van der Waals surface area contributed by atoms with Crippen LogP contribution < -0.4 is 9.47 Å². The summed E-state index contributed by atoms with van der Waals surface area (Å²) in [7, 11) is 1.36. The van der Waals surface area contributed by atoms with E-state index in [1.807, 2.05) is 13.8 Å². The maximum Gasteiger partial charge on any atom is 0.388 e. The lowest BCUT2D eigenvalue weighted by atomic mass is 9.96. The minimum atomic E-state index is -3.09. The van der Waals surface area contributed by atoms with Crippen LogP contribution in [0.4, 0.5) is 13.2 Å². The van der Waals surface area contributed by atoms with E-state index in [1.165, 1.54) is 7.05 Å². The van der Waals surface area contributed by atoms with Gasteiger partial charge in [-0.25, -0.2) is 9.07 Å². The van der Waals surface area contributed by atoms with Crippen LogP contribution in [0.5, 0.6) is 11.6 Å². The fraction of sp³-hybridized carbons (Fsp3) is 0.312. The predicted octanol–water partition coefficient (Wildman–Crippen LogP) is 5.32. The molecule has 0 N–H and O–H groups in total. The summed E-state index contributed by atoms with van der Waals surface area (Å²) in [5.74, 6) is -0.806. The molecule has 2 aromatic rings. The van der Waals surface area contributed by atoms with Crippen LogP contribution in [0.2, 0.25) is 10.0 Å². The topological polar surface area (TPSA) is 36.3 Å². The van der Waals surface area contributed by atoms with Crippen molar-refractivity contribution in [2.75, 3.05) is 0 Å². The zero-order valence-electron chi connectivity index (χ0n) is 13.4. The van der Waals surface area contributed by atoms with Gasteiger partial charge < -0.3 is 9.47 Å². The lowest BCUT2D eigenvalue weighted by Gasteiger charge is -2.29. The summed E-state index contributed by atoms with van der Waals surface area (Å²) in [4.78, 5) is 0. The van der Waals surface area contributed by atoms with Gasteiger partial charge in [-0.05, 0) is 26.0 Å². The molecule has 0 atom stereocenters. The molecule has 0 amide bonds. The monoisotopic (exact) mass is 392 g/mol. The van der Waals surface area contributed by atoms with E-state index in [0.717, 1.165) is 10.7 Å². The molecule has 0 spiro atoms. The van der Waals surface area contributed by atoms with Gasteiger partial charge in [0, 0.05) is 12.6 Å². The van der Waals surface area contributed by atoms with Gasteiger partial charge in [-0.2, -0.15) is 13.9 Å². The van der Waals surface area contributed by atoms with Gasteiger partial charge in [-0.1, -0.05) is 29.3 Å². The van der Waals surface area contributed by atoms with Crippen LogP contribution in [0, 0.1) is 5.82 Å². The van der Waals surface area contributed by atoms with Crippen molar-refractivity contribution in [2.45, 2.75) is 26.1 Å². The van der Waals surface area contributed by atoms with Crippen molar-refractivity contribution >= 4 is 29.3 Å². The van der Waals surface area contributed by atoms with Crippen LogP contribution in [0.1, 0.15) is 19.4 Å². The van der Waals surface area contributed by atoms with Crippen LogP contribution in [0.15, 0.2) is 12.1 Å². The fourth-order valence-corrected chi connectivity index (χ4v) is 3.09. The summed E-state index contributed by atoms with van der Waals surface area (Å²) in [6, 6.07) is 1.07. The average molecular weight is 393 g/mol. The largest absolute Gasteiger partial charge is 0.482 e. The van der Waals surface area contributed by atoms with Crippen LogP contribution >= 0.6 is 23.2 Å². The molecule has 4 nitrogen and oxygen atoms in total. The summed E-state index contributed by atoms with van der Waals surface area (Å²) < 4.78 is 50.9. The lowest BCUT2D eigenvalue weighted by molar-refractivity contribution is -0.0552. The van der Waals surface area contributed by atoms with Gasteiger partial charge in [0.15, 0.2) is 0 Å². The smallest absolute Gasteiger partial charge is 0.388 e. The van der Waals surface area contributed by atoms with E-state index in [2.05, 4.69) is 9.84 Å². The second-order valence-corrected chi connectivity index (χ2v) is 6.75. The van der Waals surface area contributed by atoms with Crippen molar-refractivity contribution in [1.82, 2.24) is 9.78 Å². The van der Waals surface area contributed by atoms with E-state index >= 15 is 0 Å². The zero-order valence-corrected chi connectivity index (χ0v) is 14.9. The molecule has 2 heterocycles. The highest BCUT2D eigenvalue weighted by molar-refractivity contribution is 6.35. The number of hydrogen-bond acceptors (Lipinski definition) is 3. The molecular formula is C16H13Cl2F3N2O2. The van der Waals surface area contributed by atoms with Crippen molar-refractivity contribution in [3.8, 4) is 22.9 Å². The molecule has 134 valence electrons. The third-order valence-corrected chi connectivity index (χ3v) is 4.24. The highest BCUT2D eigenvalue weighted by Gasteiger charge is 2.31. The van der Waals surface area contributed by atoms with Gasteiger partial charge in [-0.3, -0.25) is 0 Å². The number of alkyl halides is 2. The Balaban J connectivity index is 2.23. The molecule has 0 saturated carbocycles. The zero-order chi connectivity index (χ0) is 18.5. The Hall–Kier alpha value is -1.86. The molecule has 1 aliphatic rings. The van der Waals surface area contributed by atoms with Crippen LogP contribution in [-0.2, 0) is 7.05 Å². The Morgan fingerprint density at radius 1 is 1.32 bits per heavy atom. The average Bonchev–Trinajstić information content (AvgIpc) is 2.75. The van der Waals surface area contributed by atoms with Gasteiger partial charge in [0.25, 0.3) is 0 Å². The number of fused-ring (bicyclic) bond motifs is 1. The van der Waals surface area contributed by atoms with E-state index in [1.54, 1.807) is 12.2 Å². The molecule has 1 aromatic carbocycles. The highest BCUT2D eigenvalue weighted by atomic mass is 35.5. The first kappa shape index (κ1) is 17.9. The maximum absolute atomic E-state index is 14.6. The first-order valence-electron chi connectivity index (χ1n) is 7.18. The minimum Gasteiger partial charge on any atom is -0.482 e. The Bertz CT molecular complexity index is 879. The van der Waals surface area contributed by atoms with E-state index in [9.17, 15) is 13.2 Å². The number of aromatic nitrogens is 2. The molecule has 0 fully saturated rings. The number of benzene rings is 1. The highest BCUT2D eigenvalue weighted by Crippen LogP contribution is 2.46. The van der Waals surface area contributed by atoms with Gasteiger partial charge >= 0.3 is 6.61 Å². The third kappa shape index (κ3) is 3.18. The van der Waals surface area contributed by atoms with Crippen molar-refractivity contribution in [3.05, 3.63) is 33.6 Å². The summed E-state index contributed by atoms with van der Waals surface area (Å²) in [6.45, 7) is 0.538. The first-order valence-corrected chi connectivity index (χ1v) is 7.94. The number of hydrogen-bond donors (Lipinski definition) is 0. The second kappa shape index (κ2) is 6.14. The minimum absolute atomic E-state index is 0.00383. The third-order valence-electron chi connectivity index (χ3n) is 3.62. The molecular weight excluding hydrogens is 380 g/mol. The predicted molar refractivity (Wildman–Crippen MR) is 89.0 cm³/mol. The molecule has 25 heavy (non-hydrogen) atoms. The van der Waals surface area contributed by atoms with E-state index < -0.39 is 18.0 Å². The number of aryl methyl sites for hydroxylation is 1. The Kier molecular flexibility index (Phi) is 4.41. The van der Waals surface area contributed by atoms with Crippen LogP contribution in [0.25, 0.3) is 17.3 Å². The fourth-order valence-electron chi connectivity index (χ4n) is 2.56.